The molecule has 1 atom stereocenters. The Morgan fingerprint density at radius 2 is 1.88 bits per heavy atom. The first-order valence-electron chi connectivity index (χ1n) is 6.72. The monoisotopic (exact) mass is 227 g/mol. The van der Waals surface area contributed by atoms with E-state index in [4.69, 9.17) is 11.5 Å². The molecule has 0 aromatic heterocycles. The number of hydrogen-bond donors (Lipinski definition) is 3. The second-order valence-electron chi connectivity index (χ2n) is 5.95. The Morgan fingerprint density at radius 1 is 1.25 bits per heavy atom. The molecule has 1 fully saturated rings. The van der Waals surface area contributed by atoms with Crippen molar-refractivity contribution >= 4 is 0 Å². The molecule has 0 bridgehead atoms. The molecule has 1 saturated carbocycles. The highest BCUT2D eigenvalue weighted by Crippen LogP contribution is 2.37. The van der Waals surface area contributed by atoms with Crippen molar-refractivity contribution < 1.29 is 0 Å². The van der Waals surface area contributed by atoms with Gasteiger partial charge in [0.1, 0.15) is 0 Å². The van der Waals surface area contributed by atoms with Crippen molar-refractivity contribution in [3.05, 3.63) is 0 Å². The summed E-state index contributed by atoms with van der Waals surface area (Å²) in [4.78, 5) is 0. The molecule has 5 N–H and O–H groups in total. The number of rotatable bonds is 6. The third-order valence-corrected chi connectivity index (χ3v) is 4.00. The summed E-state index contributed by atoms with van der Waals surface area (Å²) in [7, 11) is 0. The van der Waals surface area contributed by atoms with Gasteiger partial charge in [-0.15, -0.1) is 0 Å². The summed E-state index contributed by atoms with van der Waals surface area (Å²) in [6.07, 6.45) is 7.06. The number of hydrogen-bond acceptors (Lipinski definition) is 3. The van der Waals surface area contributed by atoms with Crippen molar-refractivity contribution in [3.8, 4) is 0 Å². The molecular formula is C13H29N3. The van der Waals surface area contributed by atoms with E-state index in [1.807, 2.05) is 0 Å². The van der Waals surface area contributed by atoms with Gasteiger partial charge in [-0.3, -0.25) is 0 Å². The predicted octanol–water partition coefficient (Wildman–Crippen LogP) is 1.47. The molecule has 0 aliphatic heterocycles. The largest absolute Gasteiger partial charge is 0.329 e. The fourth-order valence-electron chi connectivity index (χ4n) is 2.69. The lowest BCUT2D eigenvalue weighted by Crippen LogP contribution is -2.44. The van der Waals surface area contributed by atoms with Crippen LogP contribution in [0, 0.1) is 11.3 Å². The van der Waals surface area contributed by atoms with E-state index in [-0.39, 0.29) is 6.04 Å². The Labute approximate surface area is 100 Å². The molecule has 1 aliphatic rings. The summed E-state index contributed by atoms with van der Waals surface area (Å²) < 4.78 is 0. The highest BCUT2D eigenvalue weighted by molar-refractivity contribution is 4.83. The zero-order valence-corrected chi connectivity index (χ0v) is 11.0. The van der Waals surface area contributed by atoms with Gasteiger partial charge in [-0.05, 0) is 24.2 Å². The van der Waals surface area contributed by atoms with E-state index < -0.39 is 0 Å². The van der Waals surface area contributed by atoms with Crippen LogP contribution in [-0.2, 0) is 0 Å². The Kier molecular flexibility index (Phi) is 5.73. The summed E-state index contributed by atoms with van der Waals surface area (Å²) in [5, 5.41) is 3.47. The third-order valence-electron chi connectivity index (χ3n) is 4.00. The zero-order chi connectivity index (χ0) is 12.0. The van der Waals surface area contributed by atoms with Crippen LogP contribution >= 0.6 is 0 Å². The fourth-order valence-corrected chi connectivity index (χ4v) is 2.69. The molecule has 0 radical (unpaired) electrons. The van der Waals surface area contributed by atoms with Crippen LogP contribution in [0.3, 0.4) is 0 Å². The molecule has 0 heterocycles. The van der Waals surface area contributed by atoms with Crippen molar-refractivity contribution in [2.24, 2.45) is 22.8 Å². The van der Waals surface area contributed by atoms with Gasteiger partial charge in [-0.1, -0.05) is 33.1 Å². The minimum Gasteiger partial charge on any atom is -0.329 e. The summed E-state index contributed by atoms with van der Waals surface area (Å²) in [5.41, 5.74) is 11.7. The lowest BCUT2D eigenvalue weighted by molar-refractivity contribution is 0.154. The maximum absolute atomic E-state index is 5.79. The minimum atomic E-state index is 0.0992. The standard InChI is InChI=1S/C13H29N3/c1-13(2,10-16-9-12(15)8-14)11-6-4-3-5-7-11/h11-12,16H,3-10,14-15H2,1-2H3. The van der Waals surface area contributed by atoms with E-state index in [2.05, 4.69) is 19.2 Å². The van der Waals surface area contributed by atoms with Gasteiger partial charge in [0.15, 0.2) is 0 Å². The summed E-state index contributed by atoms with van der Waals surface area (Å²) in [6.45, 7) is 7.22. The van der Waals surface area contributed by atoms with Crippen LogP contribution in [-0.4, -0.2) is 25.7 Å². The average Bonchev–Trinajstić information content (AvgIpc) is 2.30. The molecular weight excluding hydrogens is 198 g/mol. The molecule has 96 valence electrons. The molecule has 3 heteroatoms. The van der Waals surface area contributed by atoms with E-state index in [0.29, 0.717) is 12.0 Å². The van der Waals surface area contributed by atoms with Crippen molar-refractivity contribution in [1.82, 2.24) is 5.32 Å². The molecule has 3 nitrogen and oxygen atoms in total. The quantitative estimate of drug-likeness (QED) is 0.644. The highest BCUT2D eigenvalue weighted by atomic mass is 14.9. The number of nitrogens with one attached hydrogen (secondary N) is 1. The molecule has 1 rings (SSSR count). The lowest BCUT2D eigenvalue weighted by Gasteiger charge is -2.37. The van der Waals surface area contributed by atoms with Crippen LogP contribution in [0.4, 0.5) is 0 Å². The van der Waals surface area contributed by atoms with Gasteiger partial charge in [0, 0.05) is 25.7 Å². The molecule has 0 aromatic carbocycles. The van der Waals surface area contributed by atoms with Gasteiger partial charge in [-0.25, -0.2) is 0 Å². The first-order chi connectivity index (χ1) is 7.56. The van der Waals surface area contributed by atoms with Crippen LogP contribution in [0.15, 0.2) is 0 Å². The van der Waals surface area contributed by atoms with Crippen LogP contribution in [0.1, 0.15) is 46.0 Å². The van der Waals surface area contributed by atoms with Gasteiger partial charge < -0.3 is 16.8 Å². The number of nitrogens with two attached hydrogens (primary N) is 2. The Morgan fingerprint density at radius 3 is 2.44 bits per heavy atom. The summed E-state index contributed by atoms with van der Waals surface area (Å²) in [5.74, 6) is 0.878. The average molecular weight is 227 g/mol. The molecule has 1 unspecified atom stereocenters. The Balaban J connectivity index is 2.26. The first kappa shape index (κ1) is 13.9. The van der Waals surface area contributed by atoms with Crippen molar-refractivity contribution in [2.45, 2.75) is 52.0 Å². The molecule has 16 heavy (non-hydrogen) atoms. The first-order valence-corrected chi connectivity index (χ1v) is 6.72. The third kappa shape index (κ3) is 4.40. The van der Waals surface area contributed by atoms with Crippen LogP contribution in [0.5, 0.6) is 0 Å². The smallest absolute Gasteiger partial charge is 0.0290 e. The Bertz CT molecular complexity index is 186. The molecule has 0 amide bonds. The van der Waals surface area contributed by atoms with Gasteiger partial charge in [0.05, 0.1) is 0 Å². The molecule has 0 saturated heterocycles. The fraction of sp³-hybridized carbons (Fsp3) is 1.00. The van der Waals surface area contributed by atoms with Crippen molar-refractivity contribution in [1.29, 1.82) is 0 Å². The summed E-state index contributed by atoms with van der Waals surface area (Å²) in [6, 6.07) is 0.0992. The Hall–Kier alpha value is -0.120. The van der Waals surface area contributed by atoms with E-state index in [9.17, 15) is 0 Å². The second kappa shape index (κ2) is 6.58. The molecule has 0 aromatic rings. The van der Waals surface area contributed by atoms with Gasteiger partial charge >= 0.3 is 0 Å². The molecule has 0 spiro atoms. The van der Waals surface area contributed by atoms with E-state index >= 15 is 0 Å². The maximum atomic E-state index is 5.79. The van der Waals surface area contributed by atoms with E-state index in [1.54, 1.807) is 0 Å². The molecule has 1 aliphatic carbocycles. The summed E-state index contributed by atoms with van der Waals surface area (Å²) >= 11 is 0. The lowest BCUT2D eigenvalue weighted by atomic mass is 9.71. The van der Waals surface area contributed by atoms with Crippen LogP contribution in [0.2, 0.25) is 0 Å². The van der Waals surface area contributed by atoms with Gasteiger partial charge in [-0.2, -0.15) is 0 Å². The second-order valence-corrected chi connectivity index (χ2v) is 5.95. The van der Waals surface area contributed by atoms with Crippen molar-refractivity contribution in [2.75, 3.05) is 19.6 Å². The SMILES string of the molecule is CC(C)(CNCC(N)CN)C1CCCCC1. The van der Waals surface area contributed by atoms with E-state index in [1.165, 1.54) is 32.1 Å². The topological polar surface area (TPSA) is 64.1 Å². The van der Waals surface area contributed by atoms with Gasteiger partial charge in [0.2, 0.25) is 0 Å². The zero-order valence-electron chi connectivity index (χ0n) is 11.0. The highest BCUT2D eigenvalue weighted by Gasteiger charge is 2.30. The predicted molar refractivity (Wildman–Crippen MR) is 70.3 cm³/mol. The van der Waals surface area contributed by atoms with Crippen molar-refractivity contribution in [3.63, 3.8) is 0 Å². The van der Waals surface area contributed by atoms with E-state index in [0.717, 1.165) is 19.0 Å². The normalized spacial score (nSPS) is 21.0. The minimum absolute atomic E-state index is 0.0992. The van der Waals surface area contributed by atoms with Crippen LogP contribution in [0.25, 0.3) is 0 Å². The van der Waals surface area contributed by atoms with Gasteiger partial charge in [0.25, 0.3) is 0 Å². The van der Waals surface area contributed by atoms with Crippen LogP contribution < -0.4 is 16.8 Å². The maximum Gasteiger partial charge on any atom is 0.0290 e.